The Labute approximate surface area is 153 Å². The Morgan fingerprint density at radius 3 is 2.31 bits per heavy atom. The van der Waals surface area contributed by atoms with Crippen molar-refractivity contribution in [1.82, 2.24) is 9.80 Å². The number of anilines is 1. The molecular weight excluding hydrogens is 330 g/mol. The number of carbonyl (C=O) groups is 2. The Hall–Kier alpha value is -3.02. The maximum Gasteiger partial charge on any atom is 0.322 e. The van der Waals surface area contributed by atoms with Crippen molar-refractivity contribution in [3.05, 3.63) is 54.6 Å². The van der Waals surface area contributed by atoms with Crippen LogP contribution in [0.5, 0.6) is 11.5 Å². The summed E-state index contributed by atoms with van der Waals surface area (Å²) >= 11 is 0. The molecule has 0 unspecified atom stereocenters. The van der Waals surface area contributed by atoms with Crippen LogP contribution in [0.25, 0.3) is 0 Å². The largest absolute Gasteiger partial charge is 0.455 e. The Morgan fingerprint density at radius 1 is 0.885 bits per heavy atom. The zero-order valence-electron chi connectivity index (χ0n) is 14.9. The topological polar surface area (TPSA) is 61.9 Å². The van der Waals surface area contributed by atoms with Crippen molar-refractivity contribution in [2.24, 2.45) is 0 Å². The van der Waals surface area contributed by atoms with E-state index in [9.17, 15) is 9.59 Å². The molecule has 0 atom stereocenters. The molecule has 6 nitrogen and oxygen atoms in total. The number of nitrogens with one attached hydrogen (secondary N) is 1. The molecule has 1 saturated heterocycles. The molecule has 0 aromatic heterocycles. The van der Waals surface area contributed by atoms with Crippen molar-refractivity contribution < 1.29 is 14.3 Å². The molecule has 26 heavy (non-hydrogen) atoms. The normalized spacial score (nSPS) is 14.5. The van der Waals surface area contributed by atoms with Crippen LogP contribution in [0.15, 0.2) is 54.6 Å². The second-order valence-electron chi connectivity index (χ2n) is 6.19. The molecule has 0 saturated carbocycles. The lowest BCUT2D eigenvalue weighted by molar-refractivity contribution is -0.128. The predicted octanol–water partition coefficient (Wildman–Crippen LogP) is 3.57. The fourth-order valence-corrected chi connectivity index (χ4v) is 2.90. The SMILES string of the molecule is CC(=O)N1CCCN(C(=O)Nc2ccccc2Oc2ccccc2)CC1. The first kappa shape index (κ1) is 17.8. The summed E-state index contributed by atoms with van der Waals surface area (Å²) < 4.78 is 5.88. The summed E-state index contributed by atoms with van der Waals surface area (Å²) in [5.74, 6) is 1.35. The molecule has 2 aromatic rings. The van der Waals surface area contributed by atoms with Crippen molar-refractivity contribution in [2.45, 2.75) is 13.3 Å². The number of para-hydroxylation sites is 3. The minimum atomic E-state index is -0.181. The fraction of sp³-hybridized carbons (Fsp3) is 0.300. The number of rotatable bonds is 3. The minimum Gasteiger partial charge on any atom is -0.455 e. The number of urea groups is 1. The summed E-state index contributed by atoms with van der Waals surface area (Å²) in [6, 6.07) is 16.6. The van der Waals surface area contributed by atoms with Gasteiger partial charge >= 0.3 is 6.03 Å². The smallest absolute Gasteiger partial charge is 0.322 e. The van der Waals surface area contributed by atoms with E-state index in [-0.39, 0.29) is 11.9 Å². The molecule has 0 spiro atoms. The van der Waals surface area contributed by atoms with Crippen LogP contribution in [0.4, 0.5) is 10.5 Å². The van der Waals surface area contributed by atoms with E-state index in [1.54, 1.807) is 16.7 Å². The summed E-state index contributed by atoms with van der Waals surface area (Å²) in [6.45, 7) is 3.95. The van der Waals surface area contributed by atoms with Gasteiger partial charge in [-0.05, 0) is 30.7 Å². The summed E-state index contributed by atoms with van der Waals surface area (Å²) in [5.41, 5.74) is 0.619. The summed E-state index contributed by atoms with van der Waals surface area (Å²) in [5, 5.41) is 2.93. The van der Waals surface area contributed by atoms with E-state index >= 15 is 0 Å². The summed E-state index contributed by atoms with van der Waals surface area (Å²) in [6.07, 6.45) is 0.773. The van der Waals surface area contributed by atoms with Gasteiger partial charge < -0.3 is 19.9 Å². The molecule has 0 bridgehead atoms. The average Bonchev–Trinajstić information content (AvgIpc) is 2.91. The average molecular weight is 353 g/mol. The third kappa shape index (κ3) is 4.53. The molecular formula is C20H23N3O3. The van der Waals surface area contributed by atoms with E-state index in [1.807, 2.05) is 54.6 Å². The second kappa shape index (κ2) is 8.38. The lowest BCUT2D eigenvalue weighted by Crippen LogP contribution is -2.38. The number of benzene rings is 2. The first-order valence-corrected chi connectivity index (χ1v) is 8.77. The van der Waals surface area contributed by atoms with Gasteiger partial charge in [-0.3, -0.25) is 4.79 Å². The zero-order chi connectivity index (χ0) is 18.4. The number of ether oxygens (including phenoxy) is 1. The van der Waals surface area contributed by atoms with Gasteiger partial charge in [0.15, 0.2) is 5.75 Å². The molecule has 1 heterocycles. The van der Waals surface area contributed by atoms with Crippen molar-refractivity contribution >= 4 is 17.6 Å². The number of hydrogen-bond acceptors (Lipinski definition) is 3. The van der Waals surface area contributed by atoms with Crippen LogP contribution >= 0.6 is 0 Å². The molecule has 1 fully saturated rings. The number of amides is 3. The lowest BCUT2D eigenvalue weighted by atomic mass is 10.3. The van der Waals surface area contributed by atoms with Gasteiger partial charge in [0.05, 0.1) is 5.69 Å². The maximum atomic E-state index is 12.7. The Balaban J connectivity index is 1.67. The Kier molecular flexibility index (Phi) is 5.73. The Bertz CT molecular complexity index is 764. The van der Waals surface area contributed by atoms with Gasteiger partial charge in [0, 0.05) is 33.1 Å². The van der Waals surface area contributed by atoms with Gasteiger partial charge in [0.25, 0.3) is 0 Å². The molecule has 1 aliphatic rings. The van der Waals surface area contributed by atoms with E-state index in [1.165, 1.54) is 0 Å². The van der Waals surface area contributed by atoms with Crippen LogP contribution in [0.2, 0.25) is 0 Å². The first-order chi connectivity index (χ1) is 12.6. The van der Waals surface area contributed by atoms with Crippen LogP contribution in [-0.4, -0.2) is 47.9 Å². The third-order valence-corrected chi connectivity index (χ3v) is 4.33. The van der Waals surface area contributed by atoms with Gasteiger partial charge in [0.2, 0.25) is 5.91 Å². The summed E-state index contributed by atoms with van der Waals surface area (Å²) in [7, 11) is 0. The molecule has 0 radical (unpaired) electrons. The lowest BCUT2D eigenvalue weighted by Gasteiger charge is -2.22. The van der Waals surface area contributed by atoms with Crippen LogP contribution in [0.1, 0.15) is 13.3 Å². The fourth-order valence-electron chi connectivity index (χ4n) is 2.90. The van der Waals surface area contributed by atoms with E-state index in [0.29, 0.717) is 43.4 Å². The molecule has 3 amide bonds. The zero-order valence-corrected chi connectivity index (χ0v) is 14.9. The third-order valence-electron chi connectivity index (χ3n) is 4.33. The monoisotopic (exact) mass is 353 g/mol. The molecule has 3 rings (SSSR count). The molecule has 1 aliphatic heterocycles. The van der Waals surface area contributed by atoms with E-state index in [0.717, 1.165) is 6.42 Å². The van der Waals surface area contributed by atoms with Crippen LogP contribution in [-0.2, 0) is 4.79 Å². The molecule has 6 heteroatoms. The highest BCUT2D eigenvalue weighted by Crippen LogP contribution is 2.29. The first-order valence-electron chi connectivity index (χ1n) is 8.77. The molecule has 1 N–H and O–H groups in total. The van der Waals surface area contributed by atoms with Crippen molar-refractivity contribution in [3.63, 3.8) is 0 Å². The van der Waals surface area contributed by atoms with Crippen LogP contribution in [0.3, 0.4) is 0 Å². The molecule has 2 aromatic carbocycles. The van der Waals surface area contributed by atoms with Crippen LogP contribution in [0, 0.1) is 0 Å². The van der Waals surface area contributed by atoms with Gasteiger partial charge in [0.1, 0.15) is 5.75 Å². The number of carbonyl (C=O) groups excluding carboxylic acids is 2. The van der Waals surface area contributed by atoms with Gasteiger partial charge in [-0.1, -0.05) is 30.3 Å². The van der Waals surface area contributed by atoms with Gasteiger partial charge in [-0.2, -0.15) is 0 Å². The highest BCUT2D eigenvalue weighted by molar-refractivity contribution is 5.91. The summed E-state index contributed by atoms with van der Waals surface area (Å²) in [4.78, 5) is 27.7. The van der Waals surface area contributed by atoms with E-state index < -0.39 is 0 Å². The highest BCUT2D eigenvalue weighted by atomic mass is 16.5. The van der Waals surface area contributed by atoms with Crippen molar-refractivity contribution in [1.29, 1.82) is 0 Å². The highest BCUT2D eigenvalue weighted by Gasteiger charge is 2.21. The van der Waals surface area contributed by atoms with Crippen LogP contribution < -0.4 is 10.1 Å². The maximum absolute atomic E-state index is 12.7. The van der Waals surface area contributed by atoms with Gasteiger partial charge in [-0.25, -0.2) is 4.79 Å². The quantitative estimate of drug-likeness (QED) is 0.918. The van der Waals surface area contributed by atoms with Crippen molar-refractivity contribution in [3.8, 4) is 11.5 Å². The van der Waals surface area contributed by atoms with Crippen molar-refractivity contribution in [2.75, 3.05) is 31.5 Å². The molecule has 136 valence electrons. The number of nitrogens with zero attached hydrogens (tertiary/aromatic N) is 2. The Morgan fingerprint density at radius 2 is 1.54 bits per heavy atom. The predicted molar refractivity (Wildman–Crippen MR) is 100 cm³/mol. The number of hydrogen-bond donors (Lipinski definition) is 1. The molecule has 0 aliphatic carbocycles. The second-order valence-corrected chi connectivity index (χ2v) is 6.19. The minimum absolute atomic E-state index is 0.0499. The van der Waals surface area contributed by atoms with E-state index in [4.69, 9.17) is 4.74 Å². The standard InChI is InChI=1S/C20H23N3O3/c1-16(24)22-12-7-13-23(15-14-22)20(25)21-18-10-5-6-11-19(18)26-17-8-3-2-4-9-17/h2-6,8-11H,7,12-15H2,1H3,(H,21,25). The van der Waals surface area contributed by atoms with E-state index in [2.05, 4.69) is 5.32 Å². The van der Waals surface area contributed by atoms with Gasteiger partial charge in [-0.15, -0.1) is 0 Å².